The maximum Gasteiger partial charge on any atom is 0.357 e. The first-order valence-electron chi connectivity index (χ1n) is 6.44. The van der Waals surface area contributed by atoms with Crippen LogP contribution in [0.1, 0.15) is 27.8 Å². The van der Waals surface area contributed by atoms with E-state index in [9.17, 15) is 9.59 Å². The van der Waals surface area contributed by atoms with Gasteiger partial charge in [0.1, 0.15) is 0 Å². The van der Waals surface area contributed by atoms with Gasteiger partial charge in [0.15, 0.2) is 10.8 Å². The molecule has 1 aromatic carbocycles. The summed E-state index contributed by atoms with van der Waals surface area (Å²) in [6.07, 6.45) is 0. The lowest BCUT2D eigenvalue weighted by Gasteiger charge is -2.01. The third kappa shape index (κ3) is 2.97. The second-order valence-electron chi connectivity index (χ2n) is 4.25. The first-order chi connectivity index (χ1) is 10.7. The Hall–Kier alpha value is -2.32. The molecule has 0 radical (unpaired) electrons. The third-order valence-corrected chi connectivity index (χ3v) is 4.35. The molecule has 0 aliphatic carbocycles. The second kappa shape index (κ2) is 6.20. The van der Waals surface area contributed by atoms with Crippen LogP contribution in [0.4, 0.5) is 5.13 Å². The Morgan fingerprint density at radius 1 is 1.32 bits per heavy atom. The molecule has 0 aliphatic heterocycles. The average molecular weight is 333 g/mol. The van der Waals surface area contributed by atoms with Crippen molar-refractivity contribution >= 4 is 49.9 Å². The number of hydrogen-bond donors (Lipinski definition) is 1. The van der Waals surface area contributed by atoms with Crippen LogP contribution in [0.2, 0.25) is 0 Å². The van der Waals surface area contributed by atoms with Crippen LogP contribution >= 0.6 is 22.7 Å². The van der Waals surface area contributed by atoms with Crippen LogP contribution in [0.3, 0.4) is 0 Å². The zero-order chi connectivity index (χ0) is 15.5. The number of nitrogens with one attached hydrogen (secondary N) is 1. The van der Waals surface area contributed by atoms with Crippen molar-refractivity contribution in [2.75, 3.05) is 11.9 Å². The molecule has 0 bridgehead atoms. The summed E-state index contributed by atoms with van der Waals surface area (Å²) in [5.74, 6) is -0.773. The SMILES string of the molecule is CCOC(=O)c1csc(NC(=O)c2ccc3ncsc3c2)n1. The van der Waals surface area contributed by atoms with Crippen molar-refractivity contribution in [3.63, 3.8) is 0 Å². The Labute approximate surface area is 133 Å². The number of thiazole rings is 2. The number of carbonyl (C=O) groups excluding carboxylic acids is 2. The summed E-state index contributed by atoms with van der Waals surface area (Å²) >= 11 is 2.65. The molecule has 22 heavy (non-hydrogen) atoms. The van der Waals surface area contributed by atoms with Gasteiger partial charge in [0.25, 0.3) is 5.91 Å². The van der Waals surface area contributed by atoms with Gasteiger partial charge in [-0.15, -0.1) is 22.7 Å². The van der Waals surface area contributed by atoms with Crippen LogP contribution in [0, 0.1) is 0 Å². The van der Waals surface area contributed by atoms with Crippen molar-refractivity contribution < 1.29 is 14.3 Å². The van der Waals surface area contributed by atoms with E-state index >= 15 is 0 Å². The fourth-order valence-electron chi connectivity index (χ4n) is 1.80. The fourth-order valence-corrected chi connectivity index (χ4v) is 3.19. The molecule has 1 amide bonds. The molecule has 8 heteroatoms. The fraction of sp³-hybridized carbons (Fsp3) is 0.143. The molecule has 0 saturated heterocycles. The Kier molecular flexibility index (Phi) is 4.12. The topological polar surface area (TPSA) is 81.2 Å². The minimum absolute atomic E-state index is 0.194. The van der Waals surface area contributed by atoms with Gasteiger partial charge in [0.05, 0.1) is 22.3 Å². The number of nitrogens with zero attached hydrogens (tertiary/aromatic N) is 2. The van der Waals surface area contributed by atoms with Crippen LogP contribution in [-0.4, -0.2) is 28.5 Å². The number of fused-ring (bicyclic) bond motifs is 1. The van der Waals surface area contributed by atoms with Crippen LogP contribution in [0.15, 0.2) is 29.1 Å². The predicted octanol–water partition coefficient (Wildman–Crippen LogP) is 3.18. The van der Waals surface area contributed by atoms with Crippen molar-refractivity contribution in [1.82, 2.24) is 9.97 Å². The highest BCUT2D eigenvalue weighted by molar-refractivity contribution is 7.16. The zero-order valence-electron chi connectivity index (χ0n) is 11.5. The van der Waals surface area contributed by atoms with Gasteiger partial charge in [0, 0.05) is 10.9 Å². The number of amides is 1. The van der Waals surface area contributed by atoms with Crippen molar-refractivity contribution in [2.45, 2.75) is 6.92 Å². The molecule has 1 N–H and O–H groups in total. The highest BCUT2D eigenvalue weighted by Crippen LogP contribution is 2.21. The van der Waals surface area contributed by atoms with Gasteiger partial charge in [0.2, 0.25) is 0 Å². The number of rotatable bonds is 4. The van der Waals surface area contributed by atoms with Gasteiger partial charge in [-0.25, -0.2) is 14.8 Å². The van der Waals surface area contributed by atoms with Gasteiger partial charge in [-0.2, -0.15) is 0 Å². The second-order valence-corrected chi connectivity index (χ2v) is 5.99. The van der Waals surface area contributed by atoms with Crippen molar-refractivity contribution in [1.29, 1.82) is 0 Å². The van der Waals surface area contributed by atoms with Gasteiger partial charge in [-0.3, -0.25) is 10.1 Å². The molecular formula is C14H11N3O3S2. The summed E-state index contributed by atoms with van der Waals surface area (Å²) in [7, 11) is 0. The smallest absolute Gasteiger partial charge is 0.357 e. The van der Waals surface area contributed by atoms with Crippen LogP contribution < -0.4 is 5.32 Å². The molecule has 0 unspecified atom stereocenters. The molecule has 0 spiro atoms. The van der Waals surface area contributed by atoms with Crippen LogP contribution in [0.5, 0.6) is 0 Å². The minimum Gasteiger partial charge on any atom is -0.461 e. The molecule has 0 fully saturated rings. The molecular weight excluding hydrogens is 322 g/mol. The van der Waals surface area contributed by atoms with Crippen molar-refractivity contribution in [3.05, 3.63) is 40.3 Å². The Morgan fingerprint density at radius 3 is 3.00 bits per heavy atom. The summed E-state index contributed by atoms with van der Waals surface area (Å²) in [5, 5.41) is 4.59. The molecule has 0 saturated carbocycles. The number of hydrogen-bond acceptors (Lipinski definition) is 7. The highest BCUT2D eigenvalue weighted by Gasteiger charge is 2.14. The first kappa shape index (κ1) is 14.6. The standard InChI is InChI=1S/C14H11N3O3S2/c1-2-20-13(19)10-6-21-14(16-10)17-12(18)8-3-4-9-11(5-8)22-7-15-9/h3-7H,2H2,1H3,(H,16,17,18). The van der Waals surface area contributed by atoms with Gasteiger partial charge < -0.3 is 4.74 Å². The van der Waals surface area contributed by atoms with Crippen molar-refractivity contribution in [2.24, 2.45) is 0 Å². The monoisotopic (exact) mass is 333 g/mol. The number of ether oxygens (including phenoxy) is 1. The van der Waals surface area contributed by atoms with E-state index in [4.69, 9.17) is 4.74 Å². The lowest BCUT2D eigenvalue weighted by atomic mass is 10.2. The van der Waals surface area contributed by atoms with E-state index in [0.717, 1.165) is 10.2 Å². The number of anilines is 1. The molecule has 2 heterocycles. The maximum absolute atomic E-state index is 12.2. The van der Waals surface area contributed by atoms with E-state index < -0.39 is 5.97 Å². The minimum atomic E-state index is -0.495. The largest absolute Gasteiger partial charge is 0.461 e. The number of carbonyl (C=O) groups is 2. The van der Waals surface area contributed by atoms with E-state index in [2.05, 4.69) is 15.3 Å². The molecule has 0 aliphatic rings. The summed E-state index contributed by atoms with van der Waals surface area (Å²) in [5.41, 5.74) is 3.31. The number of esters is 1. The van der Waals surface area contributed by atoms with E-state index in [1.165, 1.54) is 22.7 Å². The Bertz CT molecular complexity index is 841. The Morgan fingerprint density at radius 2 is 2.18 bits per heavy atom. The first-order valence-corrected chi connectivity index (χ1v) is 8.20. The van der Waals surface area contributed by atoms with E-state index in [1.54, 1.807) is 36.0 Å². The molecule has 6 nitrogen and oxygen atoms in total. The lowest BCUT2D eigenvalue weighted by Crippen LogP contribution is -2.12. The quantitative estimate of drug-likeness (QED) is 0.742. The van der Waals surface area contributed by atoms with E-state index in [-0.39, 0.29) is 18.2 Å². The molecule has 0 atom stereocenters. The number of benzene rings is 1. The number of aromatic nitrogens is 2. The van der Waals surface area contributed by atoms with Gasteiger partial charge >= 0.3 is 5.97 Å². The summed E-state index contributed by atoms with van der Waals surface area (Å²) < 4.78 is 5.80. The summed E-state index contributed by atoms with van der Waals surface area (Å²) in [6, 6.07) is 5.28. The predicted molar refractivity (Wildman–Crippen MR) is 85.6 cm³/mol. The lowest BCUT2D eigenvalue weighted by molar-refractivity contribution is 0.0520. The van der Waals surface area contributed by atoms with Gasteiger partial charge in [-0.1, -0.05) is 0 Å². The molecule has 2 aromatic heterocycles. The van der Waals surface area contributed by atoms with E-state index in [0.29, 0.717) is 10.7 Å². The van der Waals surface area contributed by atoms with Crippen LogP contribution in [0.25, 0.3) is 10.2 Å². The van der Waals surface area contributed by atoms with Crippen LogP contribution in [-0.2, 0) is 4.74 Å². The normalized spacial score (nSPS) is 10.6. The van der Waals surface area contributed by atoms with Crippen molar-refractivity contribution in [3.8, 4) is 0 Å². The maximum atomic E-state index is 12.2. The zero-order valence-corrected chi connectivity index (χ0v) is 13.2. The average Bonchev–Trinajstić information content (AvgIpc) is 3.15. The van der Waals surface area contributed by atoms with Gasteiger partial charge in [-0.05, 0) is 25.1 Å². The summed E-state index contributed by atoms with van der Waals surface area (Å²) in [6.45, 7) is 2.01. The summed E-state index contributed by atoms with van der Waals surface area (Å²) in [4.78, 5) is 32.0. The molecule has 3 aromatic rings. The molecule has 112 valence electrons. The molecule has 3 rings (SSSR count). The van der Waals surface area contributed by atoms with E-state index in [1.807, 2.05) is 0 Å². The highest BCUT2D eigenvalue weighted by atomic mass is 32.1. The Balaban J connectivity index is 1.74. The third-order valence-electron chi connectivity index (χ3n) is 2.80.